The minimum atomic E-state index is -3.56. The Hall–Kier alpha value is -2.58. The Bertz CT molecular complexity index is 911. The summed E-state index contributed by atoms with van der Waals surface area (Å²) in [5, 5.41) is 9.04. The Kier molecular flexibility index (Phi) is 6.81. The summed E-state index contributed by atoms with van der Waals surface area (Å²) in [7, 11) is -0.594. The van der Waals surface area contributed by atoms with Gasteiger partial charge in [0, 0.05) is 26.3 Å². The minimum absolute atomic E-state index is 0.0121. The van der Waals surface area contributed by atoms with Crippen LogP contribution in [0, 0.1) is 6.92 Å². The summed E-state index contributed by atoms with van der Waals surface area (Å²) >= 11 is 0. The lowest BCUT2D eigenvalue weighted by Gasteiger charge is -2.17. The number of aryl methyl sites for hydroxylation is 1. The lowest BCUT2D eigenvalue weighted by Crippen LogP contribution is -2.24. The molecule has 0 spiro atoms. The molecule has 7 nitrogen and oxygen atoms in total. The zero-order valence-electron chi connectivity index (χ0n) is 16.0. The van der Waals surface area contributed by atoms with Gasteiger partial charge in [0.2, 0.25) is 15.9 Å². The van der Waals surface area contributed by atoms with Crippen molar-refractivity contribution in [3.05, 3.63) is 48.0 Å². The number of rotatable bonds is 8. The maximum atomic E-state index is 12.4. The van der Waals surface area contributed by atoms with E-state index in [4.69, 9.17) is 0 Å². The SMILES string of the molecule is CCNc1ccc(S(=O)(=O)N(C)C)cc1NCC(=O)Nc1ccccc1C. The second-order valence-corrected chi connectivity index (χ2v) is 8.39. The first-order valence-electron chi connectivity index (χ1n) is 8.65. The number of carbonyl (C=O) groups excluding carboxylic acids is 1. The molecule has 0 aliphatic heterocycles. The van der Waals surface area contributed by atoms with Crippen LogP contribution in [0.2, 0.25) is 0 Å². The van der Waals surface area contributed by atoms with Gasteiger partial charge in [-0.25, -0.2) is 12.7 Å². The number of sulfonamides is 1. The van der Waals surface area contributed by atoms with Gasteiger partial charge in [-0.3, -0.25) is 4.79 Å². The van der Waals surface area contributed by atoms with E-state index in [0.29, 0.717) is 12.2 Å². The molecule has 2 aromatic carbocycles. The van der Waals surface area contributed by atoms with Gasteiger partial charge in [0.05, 0.1) is 22.8 Å². The predicted molar refractivity (Wildman–Crippen MR) is 110 cm³/mol. The lowest BCUT2D eigenvalue weighted by atomic mass is 10.2. The molecule has 0 unspecified atom stereocenters. The molecule has 0 atom stereocenters. The van der Waals surface area contributed by atoms with Crippen molar-refractivity contribution in [3.8, 4) is 0 Å². The van der Waals surface area contributed by atoms with Gasteiger partial charge in [0.1, 0.15) is 0 Å². The highest BCUT2D eigenvalue weighted by Crippen LogP contribution is 2.26. The fourth-order valence-corrected chi connectivity index (χ4v) is 3.40. The average Bonchev–Trinajstić information content (AvgIpc) is 2.62. The quantitative estimate of drug-likeness (QED) is 0.645. The van der Waals surface area contributed by atoms with Crippen LogP contribution in [0.4, 0.5) is 17.1 Å². The van der Waals surface area contributed by atoms with Crippen molar-refractivity contribution in [2.45, 2.75) is 18.7 Å². The maximum Gasteiger partial charge on any atom is 0.243 e. The predicted octanol–water partition coefficient (Wildman–Crippen LogP) is 2.73. The zero-order chi connectivity index (χ0) is 20.0. The Morgan fingerprint density at radius 2 is 1.70 bits per heavy atom. The Balaban J connectivity index is 2.18. The van der Waals surface area contributed by atoms with E-state index >= 15 is 0 Å². The van der Waals surface area contributed by atoms with Crippen molar-refractivity contribution in [1.29, 1.82) is 0 Å². The molecule has 0 heterocycles. The summed E-state index contributed by atoms with van der Waals surface area (Å²) < 4.78 is 25.9. The third-order valence-corrected chi connectivity index (χ3v) is 5.81. The largest absolute Gasteiger partial charge is 0.384 e. The van der Waals surface area contributed by atoms with Gasteiger partial charge in [0.15, 0.2) is 0 Å². The molecule has 0 aliphatic carbocycles. The Morgan fingerprint density at radius 1 is 1.00 bits per heavy atom. The third-order valence-electron chi connectivity index (χ3n) is 4.00. The van der Waals surface area contributed by atoms with Crippen molar-refractivity contribution in [2.75, 3.05) is 43.1 Å². The normalized spacial score (nSPS) is 11.3. The van der Waals surface area contributed by atoms with Gasteiger partial charge in [0.25, 0.3) is 0 Å². The van der Waals surface area contributed by atoms with Gasteiger partial charge in [-0.15, -0.1) is 0 Å². The molecule has 2 aromatic rings. The van der Waals surface area contributed by atoms with Crippen LogP contribution < -0.4 is 16.0 Å². The summed E-state index contributed by atoms with van der Waals surface area (Å²) in [5.74, 6) is -0.215. The standard InChI is InChI=1S/C19H26N4O3S/c1-5-20-17-11-10-15(27(25,26)23(3)4)12-18(17)21-13-19(24)22-16-9-7-6-8-14(16)2/h6-12,20-21H,5,13H2,1-4H3,(H,22,24). The highest BCUT2D eigenvalue weighted by molar-refractivity contribution is 7.89. The molecule has 0 bridgehead atoms. The van der Waals surface area contributed by atoms with Crippen molar-refractivity contribution in [2.24, 2.45) is 0 Å². The summed E-state index contributed by atoms with van der Waals surface area (Å²) in [5.41, 5.74) is 3.01. The monoisotopic (exact) mass is 390 g/mol. The number of amides is 1. The number of anilines is 3. The summed E-state index contributed by atoms with van der Waals surface area (Å²) in [6, 6.07) is 12.3. The van der Waals surface area contributed by atoms with Crippen molar-refractivity contribution < 1.29 is 13.2 Å². The molecule has 0 fully saturated rings. The first kappa shape index (κ1) is 20.7. The fraction of sp³-hybridized carbons (Fsp3) is 0.316. The maximum absolute atomic E-state index is 12.4. The van der Waals surface area contributed by atoms with Gasteiger partial charge in [-0.05, 0) is 43.7 Å². The molecule has 146 valence electrons. The van der Waals surface area contributed by atoms with Crippen LogP contribution in [-0.2, 0) is 14.8 Å². The van der Waals surface area contributed by atoms with Crippen molar-refractivity contribution >= 4 is 33.0 Å². The van der Waals surface area contributed by atoms with Crippen molar-refractivity contribution in [1.82, 2.24) is 4.31 Å². The third kappa shape index (κ3) is 5.21. The molecular formula is C19H26N4O3S. The Labute approximate surface area is 160 Å². The second-order valence-electron chi connectivity index (χ2n) is 6.24. The van der Waals surface area contributed by atoms with Crippen LogP contribution >= 0.6 is 0 Å². The van der Waals surface area contributed by atoms with Crippen LogP contribution in [0.15, 0.2) is 47.4 Å². The topological polar surface area (TPSA) is 90.5 Å². The van der Waals surface area contributed by atoms with Gasteiger partial charge in [-0.2, -0.15) is 0 Å². The number of hydrogen-bond acceptors (Lipinski definition) is 5. The van der Waals surface area contributed by atoms with Crippen LogP contribution in [0.3, 0.4) is 0 Å². The smallest absolute Gasteiger partial charge is 0.243 e. The summed E-state index contributed by atoms with van der Waals surface area (Å²) in [4.78, 5) is 12.4. The molecule has 1 amide bonds. The van der Waals surface area contributed by atoms with E-state index in [0.717, 1.165) is 21.2 Å². The molecule has 0 radical (unpaired) electrons. The van der Waals surface area contributed by atoms with Gasteiger partial charge >= 0.3 is 0 Å². The second kappa shape index (κ2) is 8.88. The average molecular weight is 391 g/mol. The van der Waals surface area contributed by atoms with E-state index < -0.39 is 10.0 Å². The first-order chi connectivity index (χ1) is 12.8. The number of carbonyl (C=O) groups is 1. The van der Waals surface area contributed by atoms with E-state index in [9.17, 15) is 13.2 Å². The molecule has 2 rings (SSSR count). The number of para-hydroxylation sites is 1. The molecule has 0 aliphatic rings. The summed E-state index contributed by atoms with van der Waals surface area (Å²) in [6.07, 6.45) is 0. The van der Waals surface area contributed by atoms with E-state index in [1.54, 1.807) is 12.1 Å². The van der Waals surface area contributed by atoms with Crippen LogP contribution in [0.5, 0.6) is 0 Å². The number of benzene rings is 2. The van der Waals surface area contributed by atoms with E-state index in [1.807, 2.05) is 38.1 Å². The molecular weight excluding hydrogens is 364 g/mol. The van der Waals surface area contributed by atoms with Crippen molar-refractivity contribution in [3.63, 3.8) is 0 Å². The van der Waals surface area contributed by atoms with Crippen LogP contribution in [0.25, 0.3) is 0 Å². The molecule has 0 aromatic heterocycles. The molecule has 27 heavy (non-hydrogen) atoms. The highest BCUT2D eigenvalue weighted by atomic mass is 32.2. The molecule has 0 saturated carbocycles. The lowest BCUT2D eigenvalue weighted by molar-refractivity contribution is -0.114. The highest BCUT2D eigenvalue weighted by Gasteiger charge is 2.19. The van der Waals surface area contributed by atoms with E-state index in [-0.39, 0.29) is 17.3 Å². The number of hydrogen-bond donors (Lipinski definition) is 3. The van der Waals surface area contributed by atoms with Crippen LogP contribution in [-0.4, -0.2) is 45.8 Å². The summed E-state index contributed by atoms with van der Waals surface area (Å²) in [6.45, 7) is 4.54. The van der Waals surface area contributed by atoms with Gasteiger partial charge in [-0.1, -0.05) is 18.2 Å². The molecule has 3 N–H and O–H groups in total. The minimum Gasteiger partial charge on any atom is -0.384 e. The van der Waals surface area contributed by atoms with E-state index in [1.165, 1.54) is 20.2 Å². The van der Waals surface area contributed by atoms with Crippen LogP contribution in [0.1, 0.15) is 12.5 Å². The zero-order valence-corrected chi connectivity index (χ0v) is 16.9. The molecule has 0 saturated heterocycles. The number of nitrogens with zero attached hydrogens (tertiary/aromatic N) is 1. The van der Waals surface area contributed by atoms with E-state index in [2.05, 4.69) is 16.0 Å². The number of nitrogens with one attached hydrogen (secondary N) is 3. The Morgan fingerprint density at radius 3 is 2.33 bits per heavy atom. The fourth-order valence-electron chi connectivity index (χ4n) is 2.47. The molecule has 8 heteroatoms. The first-order valence-corrected chi connectivity index (χ1v) is 10.1. The van der Waals surface area contributed by atoms with Gasteiger partial charge < -0.3 is 16.0 Å².